The van der Waals surface area contributed by atoms with Gasteiger partial charge in [-0.3, -0.25) is 0 Å². The van der Waals surface area contributed by atoms with Crippen molar-refractivity contribution in [1.82, 2.24) is 14.1 Å². The summed E-state index contributed by atoms with van der Waals surface area (Å²) in [4.78, 5) is 0. The third kappa shape index (κ3) is 4.81. The predicted octanol–water partition coefficient (Wildman–Crippen LogP) is -1.78. The highest BCUT2D eigenvalue weighted by Gasteiger charge is 2.10. The first-order valence-corrected chi connectivity index (χ1v) is 5.52. The normalized spacial score (nSPS) is 13.0. The van der Waals surface area contributed by atoms with Crippen LogP contribution in [0.1, 0.15) is 0 Å². The van der Waals surface area contributed by atoms with Crippen molar-refractivity contribution in [3.8, 4) is 5.88 Å². The van der Waals surface area contributed by atoms with Crippen LogP contribution in [-0.4, -0.2) is 62.6 Å². The molecule has 1 aromatic rings. The first kappa shape index (κ1) is 13.3. The van der Waals surface area contributed by atoms with Crippen LogP contribution in [0.2, 0.25) is 0 Å². The van der Waals surface area contributed by atoms with Crippen molar-refractivity contribution >= 4 is 11.7 Å². The second-order valence-corrected chi connectivity index (χ2v) is 3.74. The van der Waals surface area contributed by atoms with E-state index in [1.807, 2.05) is 0 Å². The maximum atomic E-state index is 9.49. The Bertz CT molecular complexity index is 268. The van der Waals surface area contributed by atoms with E-state index in [2.05, 4.69) is 14.1 Å². The lowest BCUT2D eigenvalue weighted by Crippen LogP contribution is -2.41. The monoisotopic (exact) mass is 249 g/mol. The fraction of sp³-hybridized carbons (Fsp3) is 0.750. The van der Waals surface area contributed by atoms with Gasteiger partial charge < -0.3 is 25.4 Å². The summed E-state index contributed by atoms with van der Waals surface area (Å²) in [6.07, 6.45) is 0.733. The number of nitrogens with zero attached hydrogens (tertiary/aromatic N) is 2. The van der Waals surface area contributed by atoms with Gasteiger partial charge in [-0.05, 0) is 0 Å². The fourth-order valence-electron chi connectivity index (χ4n) is 0.950. The van der Waals surface area contributed by atoms with Gasteiger partial charge in [0.25, 0.3) is 0 Å². The number of aromatic nitrogens is 2. The zero-order valence-corrected chi connectivity index (χ0v) is 9.43. The lowest BCUT2D eigenvalue weighted by Gasteiger charge is -2.16. The van der Waals surface area contributed by atoms with Gasteiger partial charge in [0.2, 0.25) is 5.88 Å². The van der Waals surface area contributed by atoms with Crippen LogP contribution in [0.5, 0.6) is 5.88 Å². The largest absolute Gasteiger partial charge is 0.473 e. The van der Waals surface area contributed by atoms with Crippen LogP contribution in [-0.2, 0) is 0 Å². The summed E-state index contributed by atoms with van der Waals surface area (Å²) in [5, 5.41) is 29.8. The summed E-state index contributed by atoms with van der Waals surface area (Å²) in [6, 6.07) is -0.421. The Morgan fingerprint density at radius 3 is 2.75 bits per heavy atom. The molecule has 0 aliphatic heterocycles. The molecule has 0 aromatic carbocycles. The Kier molecular flexibility index (Phi) is 6.19. The molecule has 0 saturated heterocycles. The number of hydrogen-bond acceptors (Lipinski definition) is 8. The molecule has 8 heteroatoms. The Hall–Kier alpha value is -0.800. The lowest BCUT2D eigenvalue weighted by molar-refractivity contribution is 0.0914. The molecule has 1 rings (SSSR count). The molecular weight excluding hydrogens is 234 g/mol. The summed E-state index contributed by atoms with van der Waals surface area (Å²) < 4.78 is 12.7. The van der Waals surface area contributed by atoms with Gasteiger partial charge in [-0.25, -0.2) is 0 Å². The third-order valence-corrected chi connectivity index (χ3v) is 2.31. The molecule has 0 radical (unpaired) electrons. The van der Waals surface area contributed by atoms with Gasteiger partial charge >= 0.3 is 0 Å². The van der Waals surface area contributed by atoms with E-state index in [9.17, 15) is 5.11 Å². The molecular formula is C8H15N3O4S. The SMILES string of the molecule is OCC(CO)NCC(O)COc1cnsn1. The van der Waals surface area contributed by atoms with Crippen molar-refractivity contribution in [3.05, 3.63) is 6.20 Å². The van der Waals surface area contributed by atoms with Gasteiger partial charge in [-0.15, -0.1) is 4.37 Å². The van der Waals surface area contributed by atoms with E-state index in [0.717, 1.165) is 11.7 Å². The Morgan fingerprint density at radius 2 is 2.19 bits per heavy atom. The molecule has 0 saturated carbocycles. The molecule has 1 heterocycles. The molecule has 0 spiro atoms. The van der Waals surface area contributed by atoms with Gasteiger partial charge in [0.15, 0.2) is 0 Å². The molecule has 0 bridgehead atoms. The smallest absolute Gasteiger partial charge is 0.245 e. The topological polar surface area (TPSA) is 108 Å². The van der Waals surface area contributed by atoms with Gasteiger partial charge in [0.1, 0.15) is 18.9 Å². The van der Waals surface area contributed by atoms with E-state index in [-0.39, 0.29) is 26.4 Å². The number of nitrogens with one attached hydrogen (secondary N) is 1. The molecule has 7 nitrogen and oxygen atoms in total. The highest BCUT2D eigenvalue weighted by atomic mass is 32.1. The standard InChI is InChI=1S/C8H15N3O4S/c12-3-6(4-13)9-1-7(14)5-15-8-2-10-16-11-8/h2,6-7,9,12-14H,1,3-5H2. The molecule has 1 unspecified atom stereocenters. The van der Waals surface area contributed by atoms with Crippen molar-refractivity contribution in [2.45, 2.75) is 12.1 Å². The Labute approximate surface area is 97.0 Å². The quantitative estimate of drug-likeness (QED) is 0.431. The average molecular weight is 249 g/mol. The third-order valence-electron chi connectivity index (χ3n) is 1.85. The first-order valence-electron chi connectivity index (χ1n) is 4.79. The highest BCUT2D eigenvalue weighted by molar-refractivity contribution is 6.99. The molecule has 0 aliphatic carbocycles. The Morgan fingerprint density at radius 1 is 1.44 bits per heavy atom. The van der Waals surface area contributed by atoms with Crippen LogP contribution in [0.15, 0.2) is 6.20 Å². The molecule has 0 aliphatic rings. The van der Waals surface area contributed by atoms with E-state index in [1.54, 1.807) is 0 Å². The lowest BCUT2D eigenvalue weighted by atomic mass is 10.3. The van der Waals surface area contributed by atoms with Crippen LogP contribution in [0, 0.1) is 0 Å². The Balaban J connectivity index is 2.13. The zero-order chi connectivity index (χ0) is 11.8. The number of aliphatic hydroxyl groups excluding tert-OH is 3. The molecule has 4 N–H and O–H groups in total. The van der Waals surface area contributed by atoms with Gasteiger partial charge in [-0.2, -0.15) is 4.37 Å². The number of ether oxygens (including phenoxy) is 1. The predicted molar refractivity (Wildman–Crippen MR) is 57.4 cm³/mol. The summed E-state index contributed by atoms with van der Waals surface area (Å²) in [5.74, 6) is 0.380. The number of hydrogen-bond donors (Lipinski definition) is 4. The van der Waals surface area contributed by atoms with Crippen LogP contribution in [0.3, 0.4) is 0 Å². The maximum Gasteiger partial charge on any atom is 0.245 e. The molecule has 1 atom stereocenters. The van der Waals surface area contributed by atoms with E-state index < -0.39 is 12.1 Å². The van der Waals surface area contributed by atoms with E-state index >= 15 is 0 Å². The minimum atomic E-state index is -0.734. The second-order valence-electron chi connectivity index (χ2n) is 3.18. The van der Waals surface area contributed by atoms with Crippen LogP contribution in [0.25, 0.3) is 0 Å². The van der Waals surface area contributed by atoms with Crippen molar-refractivity contribution < 1.29 is 20.1 Å². The summed E-state index contributed by atoms with van der Waals surface area (Å²) in [7, 11) is 0. The maximum absolute atomic E-state index is 9.49. The minimum Gasteiger partial charge on any atom is -0.473 e. The van der Waals surface area contributed by atoms with Crippen molar-refractivity contribution in [3.63, 3.8) is 0 Å². The zero-order valence-electron chi connectivity index (χ0n) is 8.61. The van der Waals surface area contributed by atoms with Crippen molar-refractivity contribution in [2.24, 2.45) is 0 Å². The molecule has 0 amide bonds. The molecule has 1 aromatic heterocycles. The summed E-state index contributed by atoms with van der Waals surface area (Å²) in [6.45, 7) is -0.0501. The number of rotatable bonds is 8. The first-order chi connectivity index (χ1) is 7.76. The summed E-state index contributed by atoms with van der Waals surface area (Å²) >= 11 is 1.03. The van der Waals surface area contributed by atoms with E-state index in [4.69, 9.17) is 14.9 Å². The van der Waals surface area contributed by atoms with Crippen LogP contribution >= 0.6 is 11.7 Å². The van der Waals surface area contributed by atoms with Gasteiger partial charge in [-0.1, -0.05) is 0 Å². The highest BCUT2D eigenvalue weighted by Crippen LogP contribution is 2.04. The fourth-order valence-corrected chi connectivity index (χ4v) is 1.31. The molecule has 0 fully saturated rings. The average Bonchev–Trinajstić information content (AvgIpc) is 2.80. The van der Waals surface area contributed by atoms with Crippen LogP contribution < -0.4 is 10.1 Å². The van der Waals surface area contributed by atoms with Crippen molar-refractivity contribution in [1.29, 1.82) is 0 Å². The van der Waals surface area contributed by atoms with E-state index in [0.29, 0.717) is 5.88 Å². The summed E-state index contributed by atoms with van der Waals surface area (Å²) in [5.41, 5.74) is 0. The minimum absolute atomic E-state index is 0.0853. The van der Waals surface area contributed by atoms with Gasteiger partial charge in [0.05, 0.1) is 31.0 Å². The van der Waals surface area contributed by atoms with E-state index in [1.165, 1.54) is 6.20 Å². The molecule has 92 valence electrons. The molecule has 16 heavy (non-hydrogen) atoms. The van der Waals surface area contributed by atoms with Crippen molar-refractivity contribution in [2.75, 3.05) is 26.4 Å². The van der Waals surface area contributed by atoms with Crippen LogP contribution in [0.4, 0.5) is 0 Å². The van der Waals surface area contributed by atoms with Gasteiger partial charge in [0, 0.05) is 6.54 Å². The second kappa shape index (κ2) is 7.47. The number of aliphatic hydroxyl groups is 3.